The average Bonchev–Trinajstić information content (AvgIpc) is 2.86. The van der Waals surface area contributed by atoms with Crippen LogP contribution in [0.1, 0.15) is 35.3 Å². The molecule has 2 rings (SSSR count). The summed E-state index contributed by atoms with van der Waals surface area (Å²) in [6.07, 6.45) is -2.69. The number of alkyl halides is 3. The van der Waals surface area contributed by atoms with Crippen LogP contribution in [-0.2, 0) is 11.0 Å². The summed E-state index contributed by atoms with van der Waals surface area (Å²) < 4.78 is 38.3. The van der Waals surface area contributed by atoms with E-state index in [1.165, 1.54) is 6.07 Å². The van der Waals surface area contributed by atoms with Gasteiger partial charge in [-0.2, -0.15) is 13.2 Å². The Morgan fingerprint density at radius 3 is 2.62 bits per heavy atom. The maximum atomic E-state index is 12.8. The number of nitrogens with one attached hydrogen (secondary N) is 1. The van der Waals surface area contributed by atoms with Crippen LogP contribution in [0.2, 0.25) is 0 Å². The molecule has 1 aromatic rings. The molecule has 1 aliphatic carbocycles. The van der Waals surface area contributed by atoms with Crippen molar-refractivity contribution in [1.29, 1.82) is 0 Å². The molecule has 0 unspecified atom stereocenters. The van der Waals surface area contributed by atoms with Gasteiger partial charge in [0.25, 0.3) is 5.91 Å². The first kappa shape index (κ1) is 15.3. The third kappa shape index (κ3) is 3.50. The van der Waals surface area contributed by atoms with Crippen molar-refractivity contribution >= 4 is 11.9 Å². The number of hydrogen-bond acceptors (Lipinski definition) is 3. The number of carboxylic acid groups (broad SMARTS) is 1. The first-order chi connectivity index (χ1) is 9.79. The number of carbonyl (C=O) groups excluding carboxylic acids is 1. The van der Waals surface area contributed by atoms with Crippen molar-refractivity contribution < 1.29 is 27.9 Å². The van der Waals surface area contributed by atoms with E-state index in [1.807, 2.05) is 0 Å². The van der Waals surface area contributed by atoms with E-state index >= 15 is 0 Å². The van der Waals surface area contributed by atoms with Crippen LogP contribution in [0.5, 0.6) is 0 Å². The van der Waals surface area contributed by atoms with Gasteiger partial charge in [0, 0.05) is 12.2 Å². The van der Waals surface area contributed by atoms with E-state index in [9.17, 15) is 22.8 Å². The van der Waals surface area contributed by atoms with E-state index < -0.39 is 41.3 Å². The number of carbonyl (C=O) groups is 2. The van der Waals surface area contributed by atoms with Crippen molar-refractivity contribution in [2.24, 2.45) is 5.92 Å². The van der Waals surface area contributed by atoms with Crippen LogP contribution in [0.4, 0.5) is 13.2 Å². The predicted molar refractivity (Wildman–Crippen MR) is 65.5 cm³/mol. The molecule has 1 aliphatic rings. The van der Waals surface area contributed by atoms with E-state index in [1.54, 1.807) is 0 Å². The van der Waals surface area contributed by atoms with Crippen LogP contribution in [0, 0.1) is 5.92 Å². The highest BCUT2D eigenvalue weighted by Crippen LogP contribution is 2.31. The maximum Gasteiger partial charge on any atom is 0.434 e. The lowest BCUT2D eigenvalue weighted by molar-refractivity contribution is -0.142. The Bertz CT molecular complexity index is 560. The summed E-state index contributed by atoms with van der Waals surface area (Å²) in [7, 11) is 0. The van der Waals surface area contributed by atoms with Crippen molar-refractivity contribution in [3.63, 3.8) is 0 Å². The highest BCUT2D eigenvalue weighted by molar-refractivity contribution is 5.95. The molecule has 0 spiro atoms. The number of pyridine rings is 1. The molecule has 2 N–H and O–H groups in total. The summed E-state index contributed by atoms with van der Waals surface area (Å²) in [5.41, 5.74) is -1.79. The number of amides is 1. The minimum absolute atomic E-state index is 0.225. The molecule has 1 amide bonds. The topological polar surface area (TPSA) is 79.3 Å². The van der Waals surface area contributed by atoms with Gasteiger partial charge in [-0.1, -0.05) is 0 Å². The molecule has 0 bridgehead atoms. The molecular formula is C13H13F3N2O3. The van der Waals surface area contributed by atoms with Crippen molar-refractivity contribution in [2.75, 3.05) is 0 Å². The number of aliphatic carboxylic acids is 1. The van der Waals surface area contributed by atoms with Gasteiger partial charge in [0.15, 0.2) is 5.69 Å². The number of nitrogens with zero attached hydrogens (tertiary/aromatic N) is 1. The van der Waals surface area contributed by atoms with Crippen LogP contribution in [0.25, 0.3) is 0 Å². The highest BCUT2D eigenvalue weighted by Gasteiger charge is 2.38. The number of hydrogen-bond donors (Lipinski definition) is 2. The minimum Gasteiger partial charge on any atom is -0.481 e. The second-order valence-corrected chi connectivity index (χ2v) is 4.92. The van der Waals surface area contributed by atoms with E-state index in [0.717, 1.165) is 12.3 Å². The van der Waals surface area contributed by atoms with Crippen molar-refractivity contribution in [2.45, 2.75) is 31.5 Å². The number of halogens is 3. The molecule has 0 saturated heterocycles. The van der Waals surface area contributed by atoms with Crippen LogP contribution in [-0.4, -0.2) is 28.0 Å². The zero-order valence-electron chi connectivity index (χ0n) is 10.9. The molecule has 114 valence electrons. The molecular weight excluding hydrogens is 289 g/mol. The van der Waals surface area contributed by atoms with Crippen molar-refractivity contribution in [3.8, 4) is 0 Å². The minimum atomic E-state index is -4.72. The summed E-state index contributed by atoms with van der Waals surface area (Å²) in [4.78, 5) is 26.0. The fourth-order valence-corrected chi connectivity index (χ4v) is 2.41. The molecule has 5 nitrogen and oxygen atoms in total. The first-order valence-corrected chi connectivity index (χ1v) is 6.35. The molecule has 0 aliphatic heterocycles. The number of carboxylic acids is 1. The molecule has 1 heterocycles. The Morgan fingerprint density at radius 2 is 2.05 bits per heavy atom. The van der Waals surface area contributed by atoms with Crippen LogP contribution in [0.3, 0.4) is 0 Å². The van der Waals surface area contributed by atoms with Gasteiger partial charge in [-0.25, -0.2) is 0 Å². The molecule has 21 heavy (non-hydrogen) atoms. The van der Waals surface area contributed by atoms with Gasteiger partial charge in [-0.15, -0.1) is 0 Å². The lowest BCUT2D eigenvalue weighted by Crippen LogP contribution is -2.34. The standard InChI is InChI=1S/C13H13F3N2O3/c14-13(15,16)10-9(2-1-5-17-10)11(19)18-8-4-3-7(6-8)12(20)21/h1-2,5,7-8H,3-4,6H2,(H,18,19)(H,20,21)/t7-,8+/m0/s1. The molecule has 8 heteroatoms. The zero-order valence-corrected chi connectivity index (χ0v) is 10.9. The normalized spacial score (nSPS) is 22.0. The van der Waals surface area contributed by atoms with Crippen LogP contribution >= 0.6 is 0 Å². The number of aromatic nitrogens is 1. The highest BCUT2D eigenvalue weighted by atomic mass is 19.4. The van der Waals surface area contributed by atoms with Gasteiger partial charge in [-0.05, 0) is 31.4 Å². The van der Waals surface area contributed by atoms with Gasteiger partial charge in [0.1, 0.15) is 0 Å². The zero-order chi connectivity index (χ0) is 15.6. The molecule has 1 fully saturated rings. The number of rotatable bonds is 3. The van der Waals surface area contributed by atoms with E-state index in [-0.39, 0.29) is 6.42 Å². The third-order valence-electron chi connectivity index (χ3n) is 3.44. The molecule has 2 atom stereocenters. The summed E-state index contributed by atoms with van der Waals surface area (Å²) in [6, 6.07) is 1.87. The second-order valence-electron chi connectivity index (χ2n) is 4.92. The SMILES string of the molecule is O=C(N[C@@H]1CC[C@H](C(=O)O)C1)c1cccnc1C(F)(F)F. The van der Waals surface area contributed by atoms with Crippen LogP contribution in [0.15, 0.2) is 18.3 Å². The Labute approximate surface area is 118 Å². The van der Waals surface area contributed by atoms with Gasteiger partial charge in [0.2, 0.25) is 0 Å². The largest absolute Gasteiger partial charge is 0.481 e. The fourth-order valence-electron chi connectivity index (χ4n) is 2.41. The molecule has 0 radical (unpaired) electrons. The molecule has 1 saturated carbocycles. The van der Waals surface area contributed by atoms with E-state index in [0.29, 0.717) is 12.8 Å². The lowest BCUT2D eigenvalue weighted by atomic mass is 10.1. The van der Waals surface area contributed by atoms with Crippen molar-refractivity contribution in [1.82, 2.24) is 10.3 Å². The van der Waals surface area contributed by atoms with Gasteiger partial charge in [0.05, 0.1) is 11.5 Å². The quantitative estimate of drug-likeness (QED) is 0.896. The second kappa shape index (κ2) is 5.71. The Kier molecular flexibility index (Phi) is 4.15. The maximum absolute atomic E-state index is 12.8. The van der Waals surface area contributed by atoms with Gasteiger partial charge >= 0.3 is 12.1 Å². The van der Waals surface area contributed by atoms with E-state index in [2.05, 4.69) is 10.3 Å². The van der Waals surface area contributed by atoms with Gasteiger partial charge < -0.3 is 10.4 Å². The van der Waals surface area contributed by atoms with Crippen LogP contribution < -0.4 is 5.32 Å². The predicted octanol–water partition coefficient (Wildman–Crippen LogP) is 2.08. The molecule has 0 aromatic carbocycles. The smallest absolute Gasteiger partial charge is 0.434 e. The van der Waals surface area contributed by atoms with E-state index in [4.69, 9.17) is 5.11 Å². The summed E-state index contributed by atoms with van der Waals surface area (Å²) in [5.74, 6) is -2.40. The molecule has 1 aromatic heterocycles. The first-order valence-electron chi connectivity index (χ1n) is 6.35. The Morgan fingerprint density at radius 1 is 1.33 bits per heavy atom. The monoisotopic (exact) mass is 302 g/mol. The third-order valence-corrected chi connectivity index (χ3v) is 3.44. The lowest BCUT2D eigenvalue weighted by Gasteiger charge is -2.15. The summed E-state index contributed by atoms with van der Waals surface area (Å²) >= 11 is 0. The average molecular weight is 302 g/mol. The summed E-state index contributed by atoms with van der Waals surface area (Å²) in [5, 5.41) is 11.3. The van der Waals surface area contributed by atoms with Crippen molar-refractivity contribution in [3.05, 3.63) is 29.6 Å². The fraction of sp³-hybridized carbons (Fsp3) is 0.462. The Balaban J connectivity index is 2.10. The summed E-state index contributed by atoms with van der Waals surface area (Å²) in [6.45, 7) is 0. The Hall–Kier alpha value is -2.12. The van der Waals surface area contributed by atoms with Gasteiger partial charge in [-0.3, -0.25) is 14.6 Å².